The molecule has 1 rings (SSSR count). The van der Waals surface area contributed by atoms with Crippen LogP contribution in [0.3, 0.4) is 0 Å². The molecule has 3 atom stereocenters. The van der Waals surface area contributed by atoms with Crippen LogP contribution in [0.5, 0.6) is 0 Å². The fourth-order valence-electron chi connectivity index (χ4n) is 2.00. The van der Waals surface area contributed by atoms with Gasteiger partial charge in [-0.15, -0.1) is 0 Å². The van der Waals surface area contributed by atoms with E-state index in [-0.39, 0.29) is 31.5 Å². The third-order valence-electron chi connectivity index (χ3n) is 2.90. The Morgan fingerprint density at radius 3 is 2.55 bits per heavy atom. The first-order chi connectivity index (χ1) is 9.67. The van der Waals surface area contributed by atoms with Crippen molar-refractivity contribution in [2.24, 2.45) is 0 Å². The van der Waals surface area contributed by atoms with Crippen LogP contribution in [0.2, 0.25) is 0 Å². The van der Waals surface area contributed by atoms with Gasteiger partial charge >= 0.3 is 6.16 Å². The van der Waals surface area contributed by atoms with Crippen molar-refractivity contribution in [2.45, 2.75) is 25.2 Å². The highest BCUT2D eigenvalue weighted by Crippen LogP contribution is 2.24. The third-order valence-corrected chi connectivity index (χ3v) is 2.90. The van der Waals surface area contributed by atoms with Crippen molar-refractivity contribution in [1.29, 1.82) is 0 Å². The van der Waals surface area contributed by atoms with Crippen molar-refractivity contribution in [3.63, 3.8) is 0 Å². The van der Waals surface area contributed by atoms with Crippen molar-refractivity contribution in [3.05, 3.63) is 11.8 Å². The molecule has 0 aromatic rings. The molecule has 1 aliphatic rings. The minimum Gasteiger partial charge on any atom is -0.493 e. The molecule has 1 aliphatic heterocycles. The average Bonchev–Trinajstić information content (AvgIpc) is 2.45. The summed E-state index contributed by atoms with van der Waals surface area (Å²) in [6.45, 7) is 2.37. The molecule has 0 aliphatic carbocycles. The molecular formula is C13H22O7. The Morgan fingerprint density at radius 2 is 2.00 bits per heavy atom. The Labute approximate surface area is 118 Å². The van der Waals surface area contributed by atoms with E-state index in [4.69, 9.17) is 28.4 Å². The monoisotopic (exact) mass is 290 g/mol. The van der Waals surface area contributed by atoms with Gasteiger partial charge in [-0.2, -0.15) is 0 Å². The first kappa shape index (κ1) is 16.7. The molecule has 20 heavy (non-hydrogen) atoms. The standard InChI is InChI=1S/C13H22O7/c1-5-18-13(14)20-7-9-6-19-10(8-15-2)12(17-4)11(9)16-3/h6,10-12H,5,7-8H2,1-4H3/t10-,11-,12-/m1/s1. The quantitative estimate of drug-likeness (QED) is 0.650. The molecule has 0 bridgehead atoms. The lowest BCUT2D eigenvalue weighted by atomic mass is 9.99. The van der Waals surface area contributed by atoms with Crippen molar-refractivity contribution in [2.75, 3.05) is 41.2 Å². The number of carbonyl (C=O) groups is 1. The van der Waals surface area contributed by atoms with Crippen molar-refractivity contribution in [1.82, 2.24) is 0 Å². The molecular weight excluding hydrogens is 268 g/mol. The summed E-state index contributed by atoms with van der Waals surface area (Å²) in [6.07, 6.45) is -0.196. The van der Waals surface area contributed by atoms with Crippen LogP contribution in [-0.2, 0) is 28.4 Å². The maximum absolute atomic E-state index is 11.2. The second-order valence-corrected chi connectivity index (χ2v) is 4.15. The van der Waals surface area contributed by atoms with E-state index in [9.17, 15) is 4.79 Å². The topological polar surface area (TPSA) is 72.5 Å². The SMILES string of the molecule is CCOC(=O)OCC1=CO[C@H](COC)[C@@H](OC)[C@@H]1OC. The van der Waals surface area contributed by atoms with Crippen LogP contribution in [-0.4, -0.2) is 65.6 Å². The van der Waals surface area contributed by atoms with Gasteiger partial charge in [0.1, 0.15) is 24.9 Å². The average molecular weight is 290 g/mol. The van der Waals surface area contributed by atoms with Crippen LogP contribution in [0.15, 0.2) is 11.8 Å². The Kier molecular flexibility index (Phi) is 7.35. The fourth-order valence-corrected chi connectivity index (χ4v) is 2.00. The van der Waals surface area contributed by atoms with E-state index in [0.717, 1.165) is 0 Å². The summed E-state index contributed by atoms with van der Waals surface area (Å²) in [7, 11) is 4.71. The van der Waals surface area contributed by atoms with Gasteiger partial charge in [0.2, 0.25) is 0 Å². The predicted octanol–water partition coefficient (Wildman–Crippen LogP) is 1.12. The largest absolute Gasteiger partial charge is 0.508 e. The summed E-state index contributed by atoms with van der Waals surface area (Å²) in [5, 5.41) is 0. The highest BCUT2D eigenvalue weighted by Gasteiger charge is 2.37. The van der Waals surface area contributed by atoms with E-state index >= 15 is 0 Å². The summed E-state index contributed by atoms with van der Waals surface area (Å²) in [4.78, 5) is 11.2. The van der Waals surface area contributed by atoms with Gasteiger partial charge in [-0.1, -0.05) is 0 Å². The molecule has 7 heteroatoms. The molecule has 0 fully saturated rings. The van der Waals surface area contributed by atoms with Gasteiger partial charge in [-0.05, 0) is 6.92 Å². The maximum atomic E-state index is 11.2. The van der Waals surface area contributed by atoms with Crippen molar-refractivity contribution in [3.8, 4) is 0 Å². The van der Waals surface area contributed by atoms with Gasteiger partial charge in [0.25, 0.3) is 0 Å². The molecule has 0 aromatic carbocycles. The molecule has 0 spiro atoms. The molecule has 0 unspecified atom stereocenters. The normalized spacial score (nSPS) is 25.6. The predicted molar refractivity (Wildman–Crippen MR) is 69.4 cm³/mol. The number of hydrogen-bond acceptors (Lipinski definition) is 7. The van der Waals surface area contributed by atoms with E-state index in [2.05, 4.69) is 0 Å². The van der Waals surface area contributed by atoms with Crippen molar-refractivity contribution < 1.29 is 33.2 Å². The molecule has 0 amide bonds. The highest BCUT2D eigenvalue weighted by atomic mass is 16.7. The Hall–Kier alpha value is -1.31. The summed E-state index contributed by atoms with van der Waals surface area (Å²) in [5.74, 6) is 0. The summed E-state index contributed by atoms with van der Waals surface area (Å²) >= 11 is 0. The fraction of sp³-hybridized carbons (Fsp3) is 0.769. The minimum absolute atomic E-state index is 0.0247. The minimum atomic E-state index is -0.726. The van der Waals surface area contributed by atoms with Gasteiger partial charge in [0.15, 0.2) is 0 Å². The second-order valence-electron chi connectivity index (χ2n) is 4.15. The molecule has 116 valence electrons. The van der Waals surface area contributed by atoms with E-state index in [1.165, 1.54) is 6.26 Å². The molecule has 0 radical (unpaired) electrons. The van der Waals surface area contributed by atoms with Crippen LogP contribution in [0.1, 0.15) is 6.92 Å². The van der Waals surface area contributed by atoms with Crippen molar-refractivity contribution >= 4 is 6.16 Å². The van der Waals surface area contributed by atoms with E-state index in [1.54, 1.807) is 28.3 Å². The van der Waals surface area contributed by atoms with Crippen LogP contribution < -0.4 is 0 Å². The van der Waals surface area contributed by atoms with Gasteiger partial charge in [-0.3, -0.25) is 0 Å². The van der Waals surface area contributed by atoms with Crippen LogP contribution in [0.25, 0.3) is 0 Å². The zero-order valence-electron chi connectivity index (χ0n) is 12.3. The summed E-state index contributed by atoms with van der Waals surface area (Å²) in [6, 6.07) is 0. The van der Waals surface area contributed by atoms with E-state index in [1.807, 2.05) is 0 Å². The molecule has 1 heterocycles. The number of hydrogen-bond donors (Lipinski definition) is 0. The number of ether oxygens (including phenoxy) is 6. The first-order valence-corrected chi connectivity index (χ1v) is 6.36. The maximum Gasteiger partial charge on any atom is 0.508 e. The smallest absolute Gasteiger partial charge is 0.493 e. The van der Waals surface area contributed by atoms with Gasteiger partial charge in [0.05, 0.1) is 19.5 Å². The summed E-state index contributed by atoms with van der Waals surface area (Å²) in [5.41, 5.74) is 0.666. The second kappa shape index (κ2) is 8.78. The zero-order valence-corrected chi connectivity index (χ0v) is 12.3. The Morgan fingerprint density at radius 1 is 1.25 bits per heavy atom. The van der Waals surface area contributed by atoms with Crippen LogP contribution >= 0.6 is 0 Å². The lowest BCUT2D eigenvalue weighted by molar-refractivity contribution is -0.121. The zero-order chi connectivity index (χ0) is 15.0. The highest BCUT2D eigenvalue weighted by molar-refractivity contribution is 5.60. The van der Waals surface area contributed by atoms with Gasteiger partial charge in [0, 0.05) is 26.9 Å². The van der Waals surface area contributed by atoms with Crippen LogP contribution in [0.4, 0.5) is 4.79 Å². The number of methoxy groups -OCH3 is 3. The van der Waals surface area contributed by atoms with E-state index in [0.29, 0.717) is 12.2 Å². The van der Waals surface area contributed by atoms with Crippen LogP contribution in [0, 0.1) is 0 Å². The van der Waals surface area contributed by atoms with E-state index < -0.39 is 6.16 Å². The summed E-state index contributed by atoms with van der Waals surface area (Å²) < 4.78 is 31.1. The Bertz CT molecular complexity index is 329. The molecule has 0 saturated heterocycles. The number of rotatable bonds is 7. The Balaban J connectivity index is 2.67. The molecule has 7 nitrogen and oxygen atoms in total. The van der Waals surface area contributed by atoms with Gasteiger partial charge < -0.3 is 28.4 Å². The third kappa shape index (κ3) is 4.36. The molecule has 0 aromatic heterocycles. The first-order valence-electron chi connectivity index (χ1n) is 6.36. The lowest BCUT2D eigenvalue weighted by Crippen LogP contribution is -2.48. The lowest BCUT2D eigenvalue weighted by Gasteiger charge is -2.35. The molecule has 0 N–H and O–H groups in total. The van der Waals surface area contributed by atoms with Gasteiger partial charge in [-0.25, -0.2) is 4.79 Å². The number of carbonyl (C=O) groups excluding carboxylic acids is 1. The molecule has 0 saturated carbocycles.